The van der Waals surface area contributed by atoms with E-state index in [0.29, 0.717) is 18.2 Å². The lowest BCUT2D eigenvalue weighted by molar-refractivity contribution is 0.0321. The summed E-state index contributed by atoms with van der Waals surface area (Å²) in [5.74, 6) is 1.91. The summed E-state index contributed by atoms with van der Waals surface area (Å²) in [5.41, 5.74) is 7.70. The monoisotopic (exact) mass is 407 g/mol. The summed E-state index contributed by atoms with van der Waals surface area (Å²) in [4.78, 5) is 6.51. The van der Waals surface area contributed by atoms with Crippen LogP contribution in [0.1, 0.15) is 0 Å². The van der Waals surface area contributed by atoms with Crippen LogP contribution in [0.5, 0.6) is 11.5 Å². The number of pyridine rings is 1. The minimum absolute atomic E-state index is 0.471. The third kappa shape index (κ3) is 4.62. The predicted molar refractivity (Wildman–Crippen MR) is 101 cm³/mol. The van der Waals surface area contributed by atoms with E-state index in [9.17, 15) is 0 Å². The van der Waals surface area contributed by atoms with E-state index in [4.69, 9.17) is 19.9 Å². The summed E-state index contributed by atoms with van der Waals surface area (Å²) in [5, 5.41) is 0. The number of hydrogen-bond donors (Lipinski definition) is 1. The van der Waals surface area contributed by atoms with Gasteiger partial charge in [0.1, 0.15) is 12.4 Å². The maximum Gasteiger partial charge on any atom is 0.161 e. The van der Waals surface area contributed by atoms with E-state index < -0.39 is 0 Å². The van der Waals surface area contributed by atoms with Crippen molar-refractivity contribution in [2.24, 2.45) is 0 Å². The van der Waals surface area contributed by atoms with E-state index in [0.717, 1.165) is 54.2 Å². The zero-order valence-corrected chi connectivity index (χ0v) is 15.8. The van der Waals surface area contributed by atoms with Crippen LogP contribution in [0, 0.1) is 0 Å². The summed E-state index contributed by atoms with van der Waals surface area (Å²) < 4.78 is 17.5. The first kappa shape index (κ1) is 18.0. The molecular formula is C18H22BrN3O3. The van der Waals surface area contributed by atoms with Crippen molar-refractivity contribution < 1.29 is 14.2 Å². The van der Waals surface area contributed by atoms with Gasteiger partial charge < -0.3 is 19.9 Å². The number of nitrogens with two attached hydrogens (primary N) is 1. The van der Waals surface area contributed by atoms with E-state index in [-0.39, 0.29) is 0 Å². The Bertz CT molecular complexity index is 721. The van der Waals surface area contributed by atoms with E-state index in [1.165, 1.54) is 0 Å². The van der Waals surface area contributed by atoms with Gasteiger partial charge in [-0.25, -0.2) is 4.98 Å². The van der Waals surface area contributed by atoms with E-state index >= 15 is 0 Å². The first-order valence-electron chi connectivity index (χ1n) is 8.19. The number of nitrogens with zero attached hydrogens (tertiary/aromatic N) is 2. The predicted octanol–water partition coefficient (Wildman–Crippen LogP) is 2.81. The second-order valence-electron chi connectivity index (χ2n) is 5.76. The molecule has 2 aromatic rings. The molecule has 1 aromatic heterocycles. The summed E-state index contributed by atoms with van der Waals surface area (Å²) in [6.45, 7) is 5.00. The van der Waals surface area contributed by atoms with Crippen LogP contribution in [0.15, 0.2) is 34.9 Å². The van der Waals surface area contributed by atoms with Crippen LogP contribution in [-0.4, -0.2) is 56.4 Å². The number of halogens is 1. The molecule has 1 saturated heterocycles. The van der Waals surface area contributed by atoms with Gasteiger partial charge in [-0.3, -0.25) is 4.90 Å². The summed E-state index contributed by atoms with van der Waals surface area (Å²) in [6, 6.07) is 7.81. The molecular weight excluding hydrogens is 386 g/mol. The Morgan fingerprint density at radius 2 is 2.00 bits per heavy atom. The lowest BCUT2D eigenvalue weighted by atomic mass is 10.1. The summed E-state index contributed by atoms with van der Waals surface area (Å²) >= 11 is 3.41. The average Bonchev–Trinajstić information content (AvgIpc) is 2.65. The van der Waals surface area contributed by atoms with Crippen molar-refractivity contribution in [2.75, 3.05) is 52.3 Å². The van der Waals surface area contributed by atoms with Crippen molar-refractivity contribution in [1.29, 1.82) is 0 Å². The number of ether oxygens (including phenoxy) is 3. The number of methoxy groups -OCH3 is 1. The minimum atomic E-state index is 0.471. The molecule has 25 heavy (non-hydrogen) atoms. The van der Waals surface area contributed by atoms with Crippen molar-refractivity contribution in [3.05, 3.63) is 34.9 Å². The number of morpholine rings is 1. The first-order chi connectivity index (χ1) is 12.2. The largest absolute Gasteiger partial charge is 0.493 e. The van der Waals surface area contributed by atoms with Crippen LogP contribution in [0.2, 0.25) is 0 Å². The van der Waals surface area contributed by atoms with Gasteiger partial charge in [0.2, 0.25) is 0 Å². The van der Waals surface area contributed by atoms with Gasteiger partial charge in [0.25, 0.3) is 0 Å². The molecule has 0 saturated carbocycles. The molecule has 1 fully saturated rings. The van der Waals surface area contributed by atoms with Crippen molar-refractivity contribution >= 4 is 21.7 Å². The smallest absolute Gasteiger partial charge is 0.161 e. The van der Waals surface area contributed by atoms with Gasteiger partial charge in [-0.1, -0.05) is 6.07 Å². The maximum atomic E-state index is 5.91. The fourth-order valence-electron chi connectivity index (χ4n) is 2.68. The van der Waals surface area contributed by atoms with Gasteiger partial charge in [-0.15, -0.1) is 0 Å². The zero-order valence-electron chi connectivity index (χ0n) is 14.2. The second kappa shape index (κ2) is 8.51. The molecule has 2 heterocycles. The molecule has 134 valence electrons. The number of nitrogen functional groups attached to an aromatic ring is 1. The third-order valence-corrected chi connectivity index (χ3v) is 4.77. The molecule has 0 spiro atoms. The lowest BCUT2D eigenvalue weighted by Gasteiger charge is -2.26. The second-order valence-corrected chi connectivity index (χ2v) is 6.61. The molecule has 1 aromatic carbocycles. The highest BCUT2D eigenvalue weighted by Gasteiger charge is 2.12. The standard InChI is InChI=1S/C18H22BrN3O3/c1-23-17-11-13(14-10-15(19)18(20)21-12-14)2-3-16(17)25-9-6-22-4-7-24-8-5-22/h2-3,10-12H,4-9H2,1H3,(H2,20,21). The topological polar surface area (TPSA) is 69.8 Å². The molecule has 1 aliphatic rings. The Morgan fingerprint density at radius 3 is 2.72 bits per heavy atom. The van der Waals surface area contributed by atoms with Gasteiger partial charge in [-0.05, 0) is 39.7 Å². The number of rotatable bonds is 6. The quantitative estimate of drug-likeness (QED) is 0.793. The highest BCUT2D eigenvalue weighted by molar-refractivity contribution is 9.10. The van der Waals surface area contributed by atoms with Crippen molar-refractivity contribution in [2.45, 2.75) is 0 Å². The highest BCUT2D eigenvalue weighted by Crippen LogP contribution is 2.33. The van der Waals surface area contributed by atoms with Crippen molar-refractivity contribution in [3.63, 3.8) is 0 Å². The molecule has 0 atom stereocenters. The van der Waals surface area contributed by atoms with E-state index in [2.05, 4.69) is 25.8 Å². The Kier molecular flexibility index (Phi) is 6.12. The average molecular weight is 408 g/mol. The fraction of sp³-hybridized carbons (Fsp3) is 0.389. The van der Waals surface area contributed by atoms with Gasteiger partial charge in [-0.2, -0.15) is 0 Å². The van der Waals surface area contributed by atoms with Gasteiger partial charge in [0, 0.05) is 31.4 Å². The molecule has 0 amide bonds. The third-order valence-electron chi connectivity index (χ3n) is 4.14. The molecule has 7 heteroatoms. The number of benzene rings is 1. The van der Waals surface area contributed by atoms with Crippen molar-refractivity contribution in [3.8, 4) is 22.6 Å². The minimum Gasteiger partial charge on any atom is -0.493 e. The van der Waals surface area contributed by atoms with Crippen LogP contribution in [0.25, 0.3) is 11.1 Å². The lowest BCUT2D eigenvalue weighted by Crippen LogP contribution is -2.38. The van der Waals surface area contributed by atoms with Gasteiger partial charge in [0.15, 0.2) is 11.5 Å². The Hall–Kier alpha value is -1.83. The van der Waals surface area contributed by atoms with Crippen LogP contribution < -0.4 is 15.2 Å². The maximum absolute atomic E-state index is 5.91. The molecule has 3 rings (SSSR count). The normalized spacial score (nSPS) is 15.1. The fourth-order valence-corrected chi connectivity index (χ4v) is 3.03. The van der Waals surface area contributed by atoms with Crippen LogP contribution in [0.4, 0.5) is 5.82 Å². The molecule has 0 aliphatic carbocycles. The first-order valence-corrected chi connectivity index (χ1v) is 8.99. The van der Waals surface area contributed by atoms with Crippen LogP contribution >= 0.6 is 15.9 Å². The zero-order chi connectivity index (χ0) is 17.6. The number of hydrogen-bond acceptors (Lipinski definition) is 6. The molecule has 2 N–H and O–H groups in total. The SMILES string of the molecule is COc1cc(-c2cnc(N)c(Br)c2)ccc1OCCN1CCOCC1. The Morgan fingerprint density at radius 1 is 1.20 bits per heavy atom. The molecule has 6 nitrogen and oxygen atoms in total. The van der Waals surface area contributed by atoms with E-state index in [1.54, 1.807) is 13.3 Å². The highest BCUT2D eigenvalue weighted by atomic mass is 79.9. The number of aromatic nitrogens is 1. The molecule has 0 bridgehead atoms. The van der Waals surface area contributed by atoms with Crippen LogP contribution in [0.3, 0.4) is 0 Å². The molecule has 0 unspecified atom stereocenters. The summed E-state index contributed by atoms with van der Waals surface area (Å²) in [6.07, 6.45) is 1.74. The van der Waals surface area contributed by atoms with Gasteiger partial charge >= 0.3 is 0 Å². The Balaban J connectivity index is 1.67. The van der Waals surface area contributed by atoms with Crippen LogP contribution in [-0.2, 0) is 4.74 Å². The molecule has 0 radical (unpaired) electrons. The van der Waals surface area contributed by atoms with Crippen molar-refractivity contribution in [1.82, 2.24) is 9.88 Å². The van der Waals surface area contributed by atoms with E-state index in [1.807, 2.05) is 24.3 Å². The Labute approximate surface area is 156 Å². The molecule has 1 aliphatic heterocycles. The van der Waals surface area contributed by atoms with Gasteiger partial charge in [0.05, 0.1) is 24.8 Å². The summed E-state index contributed by atoms with van der Waals surface area (Å²) in [7, 11) is 1.64. The number of anilines is 1.